The summed E-state index contributed by atoms with van der Waals surface area (Å²) >= 11 is 0. The van der Waals surface area contributed by atoms with Crippen molar-refractivity contribution in [1.29, 1.82) is 0 Å². The maximum absolute atomic E-state index is 10.1. The van der Waals surface area contributed by atoms with Crippen molar-refractivity contribution < 1.29 is 4.79 Å². The second-order valence-electron chi connectivity index (χ2n) is 3.07. The molecular weight excluding hydrogens is 190 g/mol. The van der Waals surface area contributed by atoms with Crippen molar-refractivity contribution in [2.75, 3.05) is 0 Å². The first-order valence-electron chi connectivity index (χ1n) is 4.51. The fourth-order valence-electron chi connectivity index (χ4n) is 1.39. The number of rotatable bonds is 2. The lowest BCUT2D eigenvalue weighted by Crippen LogP contribution is -1.97. The van der Waals surface area contributed by atoms with E-state index in [1.54, 1.807) is 10.9 Å². The van der Waals surface area contributed by atoms with Crippen molar-refractivity contribution in [3.05, 3.63) is 42.2 Å². The Morgan fingerprint density at radius 1 is 1.33 bits per heavy atom. The molecule has 0 saturated carbocycles. The molecule has 1 aromatic heterocycles. The molecule has 4 nitrogen and oxygen atoms in total. The van der Waals surface area contributed by atoms with Crippen LogP contribution < -0.4 is 0 Å². The second-order valence-corrected chi connectivity index (χ2v) is 3.07. The van der Waals surface area contributed by atoms with Gasteiger partial charge in [-0.2, -0.15) is 10.1 Å². The molecule has 1 heterocycles. The van der Waals surface area contributed by atoms with Crippen LogP contribution in [0.15, 0.2) is 41.5 Å². The Morgan fingerprint density at radius 3 is 2.73 bits per heavy atom. The van der Waals surface area contributed by atoms with Crippen molar-refractivity contribution >= 4 is 11.8 Å². The van der Waals surface area contributed by atoms with Crippen LogP contribution in [-0.4, -0.2) is 15.9 Å². The lowest BCUT2D eigenvalue weighted by Gasteiger charge is -2.02. The molecule has 0 spiro atoms. The molecule has 0 amide bonds. The van der Waals surface area contributed by atoms with Gasteiger partial charge in [0.25, 0.3) is 0 Å². The molecule has 0 bridgehead atoms. The summed E-state index contributed by atoms with van der Waals surface area (Å²) in [4.78, 5) is 13.7. The predicted molar refractivity (Wildman–Crippen MR) is 56.1 cm³/mol. The van der Waals surface area contributed by atoms with E-state index in [-0.39, 0.29) is 0 Å². The highest BCUT2D eigenvalue weighted by Gasteiger charge is 2.06. The molecule has 0 N–H and O–H groups in total. The summed E-state index contributed by atoms with van der Waals surface area (Å²) in [5.74, 6) is 0. The van der Waals surface area contributed by atoms with Crippen LogP contribution in [-0.2, 0) is 4.79 Å². The minimum atomic E-state index is 0.550. The van der Waals surface area contributed by atoms with Gasteiger partial charge in [-0.1, -0.05) is 18.2 Å². The van der Waals surface area contributed by atoms with E-state index in [0.29, 0.717) is 5.69 Å². The normalized spacial score (nSPS) is 9.67. The number of aliphatic imine (C=N–C) groups is 1. The van der Waals surface area contributed by atoms with E-state index in [2.05, 4.69) is 10.1 Å². The molecule has 0 aliphatic carbocycles. The van der Waals surface area contributed by atoms with Gasteiger partial charge in [0.05, 0.1) is 17.6 Å². The molecule has 0 aliphatic heterocycles. The molecule has 0 unspecified atom stereocenters. The maximum Gasteiger partial charge on any atom is 0.240 e. The van der Waals surface area contributed by atoms with Crippen molar-refractivity contribution in [2.24, 2.45) is 4.99 Å². The number of hydrogen-bond donors (Lipinski definition) is 0. The topological polar surface area (TPSA) is 47.2 Å². The van der Waals surface area contributed by atoms with Gasteiger partial charge in [0.15, 0.2) is 0 Å². The number of benzene rings is 1. The molecular formula is C11H9N3O. The van der Waals surface area contributed by atoms with Gasteiger partial charge in [0.1, 0.15) is 5.69 Å². The predicted octanol–water partition coefficient (Wildman–Crippen LogP) is 2.15. The summed E-state index contributed by atoms with van der Waals surface area (Å²) in [6, 6.07) is 9.67. The summed E-state index contributed by atoms with van der Waals surface area (Å²) in [6.07, 6.45) is 3.06. The monoisotopic (exact) mass is 199 g/mol. The molecule has 2 aromatic rings. The molecule has 4 heteroatoms. The summed E-state index contributed by atoms with van der Waals surface area (Å²) in [5, 5.41) is 4.15. The van der Waals surface area contributed by atoms with Crippen molar-refractivity contribution in [1.82, 2.24) is 9.78 Å². The molecule has 74 valence electrons. The average molecular weight is 199 g/mol. The van der Waals surface area contributed by atoms with Crippen molar-refractivity contribution in [3.8, 4) is 5.69 Å². The van der Waals surface area contributed by atoms with Gasteiger partial charge in [0, 0.05) is 0 Å². The van der Waals surface area contributed by atoms with Gasteiger partial charge in [-0.25, -0.2) is 9.48 Å². The van der Waals surface area contributed by atoms with Gasteiger partial charge in [0.2, 0.25) is 6.08 Å². The van der Waals surface area contributed by atoms with Crippen LogP contribution in [0.2, 0.25) is 0 Å². The van der Waals surface area contributed by atoms with Crippen LogP contribution in [0, 0.1) is 6.92 Å². The fourth-order valence-corrected chi connectivity index (χ4v) is 1.39. The number of aromatic nitrogens is 2. The minimum absolute atomic E-state index is 0.550. The lowest BCUT2D eigenvalue weighted by atomic mass is 10.3. The highest BCUT2D eigenvalue weighted by Crippen LogP contribution is 2.19. The van der Waals surface area contributed by atoms with Crippen molar-refractivity contribution in [2.45, 2.75) is 6.92 Å². The van der Waals surface area contributed by atoms with Gasteiger partial charge >= 0.3 is 0 Å². The Kier molecular flexibility index (Phi) is 2.44. The first-order chi connectivity index (χ1) is 7.33. The van der Waals surface area contributed by atoms with Gasteiger partial charge in [-0.3, -0.25) is 0 Å². The zero-order chi connectivity index (χ0) is 10.7. The van der Waals surface area contributed by atoms with Gasteiger partial charge in [-0.15, -0.1) is 0 Å². The number of isocyanates is 1. The van der Waals surface area contributed by atoms with E-state index in [1.165, 1.54) is 6.08 Å². The average Bonchev–Trinajstić information content (AvgIpc) is 2.63. The lowest BCUT2D eigenvalue weighted by molar-refractivity contribution is 0.565. The van der Waals surface area contributed by atoms with Crippen LogP contribution in [0.4, 0.5) is 5.69 Å². The maximum atomic E-state index is 10.1. The zero-order valence-corrected chi connectivity index (χ0v) is 8.21. The number of nitrogens with zero attached hydrogens (tertiary/aromatic N) is 3. The Hall–Kier alpha value is -2.19. The number of carbonyl (C=O) groups excluding carboxylic acids is 1. The van der Waals surface area contributed by atoms with Gasteiger partial charge < -0.3 is 0 Å². The summed E-state index contributed by atoms with van der Waals surface area (Å²) in [7, 11) is 0. The van der Waals surface area contributed by atoms with E-state index >= 15 is 0 Å². The standard InChI is InChI=1S/C11H9N3O/c1-9-11(12-8-15)7-13-14(9)10-5-3-2-4-6-10/h2-7H,1H3. The van der Waals surface area contributed by atoms with Gasteiger partial charge in [-0.05, 0) is 19.1 Å². The Morgan fingerprint density at radius 2 is 2.07 bits per heavy atom. The van der Waals surface area contributed by atoms with E-state index in [9.17, 15) is 4.79 Å². The highest BCUT2D eigenvalue weighted by atomic mass is 16.1. The summed E-state index contributed by atoms with van der Waals surface area (Å²) in [5.41, 5.74) is 2.32. The third-order valence-electron chi connectivity index (χ3n) is 2.15. The number of para-hydroxylation sites is 1. The quantitative estimate of drug-likeness (QED) is 0.549. The van der Waals surface area contributed by atoms with Crippen LogP contribution in [0.3, 0.4) is 0 Å². The molecule has 2 rings (SSSR count). The third kappa shape index (κ3) is 1.71. The Labute approximate surface area is 86.9 Å². The molecule has 1 aromatic carbocycles. The van der Waals surface area contributed by atoms with Crippen LogP contribution in [0.25, 0.3) is 5.69 Å². The first-order valence-corrected chi connectivity index (χ1v) is 4.51. The van der Waals surface area contributed by atoms with E-state index in [0.717, 1.165) is 11.4 Å². The Bertz CT molecular complexity index is 510. The molecule has 0 aliphatic rings. The Balaban J connectivity index is 2.51. The first kappa shape index (κ1) is 9.37. The van der Waals surface area contributed by atoms with Crippen molar-refractivity contribution in [3.63, 3.8) is 0 Å². The smallest absolute Gasteiger partial charge is 0.236 e. The minimum Gasteiger partial charge on any atom is -0.236 e. The van der Waals surface area contributed by atoms with Crippen LogP contribution in [0.5, 0.6) is 0 Å². The van der Waals surface area contributed by atoms with Crippen LogP contribution in [0.1, 0.15) is 5.69 Å². The SMILES string of the molecule is Cc1c(N=C=O)cnn1-c1ccccc1. The summed E-state index contributed by atoms with van der Waals surface area (Å²) in [6.45, 7) is 1.86. The molecule has 0 fully saturated rings. The third-order valence-corrected chi connectivity index (χ3v) is 2.15. The van der Waals surface area contributed by atoms with Crippen LogP contribution >= 0.6 is 0 Å². The molecule has 0 atom stereocenters. The highest BCUT2D eigenvalue weighted by molar-refractivity contribution is 5.52. The van der Waals surface area contributed by atoms with E-state index in [4.69, 9.17) is 0 Å². The van der Waals surface area contributed by atoms with E-state index in [1.807, 2.05) is 37.3 Å². The largest absolute Gasteiger partial charge is 0.240 e. The second kappa shape index (κ2) is 3.90. The fraction of sp³-hybridized carbons (Fsp3) is 0.0909. The zero-order valence-electron chi connectivity index (χ0n) is 8.21. The summed E-state index contributed by atoms with van der Waals surface area (Å²) < 4.78 is 1.73. The number of hydrogen-bond acceptors (Lipinski definition) is 3. The molecule has 0 radical (unpaired) electrons. The van der Waals surface area contributed by atoms with E-state index < -0.39 is 0 Å². The molecule has 0 saturated heterocycles. The molecule has 15 heavy (non-hydrogen) atoms.